The average molecular weight is 682 g/mol. The first kappa shape index (κ1) is 36.3. The summed E-state index contributed by atoms with van der Waals surface area (Å²) in [5, 5.41) is 0. The van der Waals surface area contributed by atoms with Gasteiger partial charge in [0.15, 0.2) is 0 Å². The number of nitrogens with zero attached hydrogens (tertiary/aromatic N) is 3. The molecule has 1 atom stereocenters. The van der Waals surface area contributed by atoms with Crippen molar-refractivity contribution in [2.75, 3.05) is 18.5 Å². The highest BCUT2D eigenvalue weighted by Crippen LogP contribution is 2.42. The van der Waals surface area contributed by atoms with Crippen molar-refractivity contribution in [2.45, 2.75) is 77.2 Å². The van der Waals surface area contributed by atoms with Crippen LogP contribution in [0.5, 0.6) is 0 Å². The molecule has 1 saturated heterocycles. The number of carbonyl (C=O) groups excluding carboxylic acids is 3. The van der Waals surface area contributed by atoms with Gasteiger partial charge in [-0.2, -0.15) is 26.3 Å². The first-order valence-electron chi connectivity index (χ1n) is 14.8. The second-order valence-corrected chi connectivity index (χ2v) is 13.3. The molecular weight excluding hydrogens is 647 g/mol. The van der Waals surface area contributed by atoms with E-state index in [-0.39, 0.29) is 24.7 Å². The summed E-state index contributed by atoms with van der Waals surface area (Å²) in [5.74, 6) is -2.48. The van der Waals surface area contributed by atoms with Crippen LogP contribution in [0.25, 0.3) is 11.1 Å². The number of hydrogen-bond acceptors (Lipinski definition) is 5. The molecule has 0 bridgehead atoms. The number of amides is 3. The Balaban J connectivity index is 1.79. The lowest BCUT2D eigenvalue weighted by Crippen LogP contribution is -2.42. The van der Waals surface area contributed by atoms with E-state index < -0.39 is 69.7 Å². The second kappa shape index (κ2) is 12.5. The molecule has 2 aromatic carbocycles. The first-order valence-corrected chi connectivity index (χ1v) is 14.8. The van der Waals surface area contributed by atoms with E-state index in [9.17, 15) is 45.1 Å². The van der Waals surface area contributed by atoms with Crippen molar-refractivity contribution in [3.63, 3.8) is 0 Å². The number of halogens is 7. The minimum atomic E-state index is -5.12. The molecule has 7 nitrogen and oxygen atoms in total. The van der Waals surface area contributed by atoms with Crippen molar-refractivity contribution >= 4 is 23.6 Å². The lowest BCUT2D eigenvalue weighted by Gasteiger charge is -2.32. The molecule has 1 aromatic heterocycles. The van der Waals surface area contributed by atoms with Crippen LogP contribution in [0.15, 0.2) is 48.7 Å². The Morgan fingerprint density at radius 3 is 1.96 bits per heavy atom. The number of ether oxygens (including phenoxy) is 1. The van der Waals surface area contributed by atoms with Gasteiger partial charge in [-0.05, 0) is 94.6 Å². The van der Waals surface area contributed by atoms with E-state index in [0.717, 1.165) is 9.80 Å². The van der Waals surface area contributed by atoms with E-state index in [2.05, 4.69) is 4.98 Å². The smallest absolute Gasteiger partial charge is 0.417 e. The maximum absolute atomic E-state index is 14.1. The molecule has 48 heavy (non-hydrogen) atoms. The van der Waals surface area contributed by atoms with Crippen molar-refractivity contribution in [1.82, 2.24) is 9.88 Å². The lowest BCUT2D eigenvalue weighted by atomic mass is 9.81. The summed E-state index contributed by atoms with van der Waals surface area (Å²) in [4.78, 5) is 45.9. The zero-order chi connectivity index (χ0) is 36.1. The number of imide groups is 1. The van der Waals surface area contributed by atoms with E-state index in [1.54, 1.807) is 33.8 Å². The fourth-order valence-electron chi connectivity index (χ4n) is 5.47. The Bertz CT molecular complexity index is 1730. The van der Waals surface area contributed by atoms with E-state index >= 15 is 0 Å². The summed E-state index contributed by atoms with van der Waals surface area (Å²) in [6.07, 6.45) is -9.86. The molecule has 3 aromatic rings. The SMILES string of the molecule is Cc1cc(F)ccc1-c1cc(C2CC(=O)N(C(=O)OC(C)(C)C)C2)ncc1N(C)C(=O)C(C)(C)c1cc(C(F)(F)F)cc(C(F)(F)F)c1. The predicted octanol–water partition coefficient (Wildman–Crippen LogP) is 8.43. The molecule has 3 amide bonds. The topological polar surface area (TPSA) is 79.8 Å². The number of pyridine rings is 1. The minimum absolute atomic E-state index is 0.0104. The largest absolute Gasteiger partial charge is 0.443 e. The number of hydrogen-bond donors (Lipinski definition) is 0. The van der Waals surface area contributed by atoms with Crippen LogP contribution in [-0.2, 0) is 32.1 Å². The van der Waals surface area contributed by atoms with Gasteiger partial charge in [-0.25, -0.2) is 14.1 Å². The van der Waals surface area contributed by atoms with Gasteiger partial charge in [-0.1, -0.05) is 6.07 Å². The van der Waals surface area contributed by atoms with E-state index in [1.165, 1.54) is 45.3 Å². The third-order valence-corrected chi connectivity index (χ3v) is 8.05. The van der Waals surface area contributed by atoms with Crippen molar-refractivity contribution in [3.8, 4) is 11.1 Å². The van der Waals surface area contributed by atoms with Gasteiger partial charge in [0.2, 0.25) is 11.8 Å². The Labute approximate surface area is 272 Å². The highest BCUT2D eigenvalue weighted by Gasteiger charge is 2.42. The quantitative estimate of drug-likeness (QED) is 0.253. The molecule has 1 aliphatic rings. The number of carbonyl (C=O) groups is 3. The predicted molar refractivity (Wildman–Crippen MR) is 163 cm³/mol. The summed E-state index contributed by atoms with van der Waals surface area (Å²) >= 11 is 0. The Morgan fingerprint density at radius 2 is 1.44 bits per heavy atom. The number of benzene rings is 2. The number of aryl methyl sites for hydroxylation is 1. The normalized spacial score (nSPS) is 15.9. The number of alkyl halides is 6. The molecule has 1 aliphatic heterocycles. The average Bonchev–Trinajstić information content (AvgIpc) is 3.36. The van der Waals surface area contributed by atoms with Gasteiger partial charge in [-0.15, -0.1) is 0 Å². The van der Waals surface area contributed by atoms with Gasteiger partial charge in [0, 0.05) is 37.2 Å². The molecule has 0 saturated carbocycles. The number of rotatable bonds is 5. The van der Waals surface area contributed by atoms with Gasteiger partial charge in [0.1, 0.15) is 11.4 Å². The van der Waals surface area contributed by atoms with Crippen LogP contribution in [0.3, 0.4) is 0 Å². The van der Waals surface area contributed by atoms with Crippen LogP contribution < -0.4 is 4.90 Å². The summed E-state index contributed by atoms with van der Waals surface area (Å²) in [5.41, 5.74) is -4.71. The van der Waals surface area contributed by atoms with Crippen LogP contribution in [0.4, 0.5) is 41.2 Å². The molecule has 2 heterocycles. The molecule has 1 unspecified atom stereocenters. The maximum atomic E-state index is 14.1. The summed E-state index contributed by atoms with van der Waals surface area (Å²) in [6.45, 7) is 8.94. The van der Waals surface area contributed by atoms with Gasteiger partial charge in [0.05, 0.1) is 28.4 Å². The Kier molecular flexibility index (Phi) is 9.48. The van der Waals surface area contributed by atoms with Gasteiger partial charge >= 0.3 is 18.4 Å². The molecule has 0 aliphatic carbocycles. The molecule has 258 valence electrons. The molecule has 4 rings (SSSR count). The zero-order valence-electron chi connectivity index (χ0n) is 27.2. The zero-order valence-corrected chi connectivity index (χ0v) is 27.2. The molecule has 14 heteroatoms. The lowest BCUT2D eigenvalue weighted by molar-refractivity contribution is -0.143. The van der Waals surface area contributed by atoms with Crippen LogP contribution >= 0.6 is 0 Å². The summed E-state index contributed by atoms with van der Waals surface area (Å²) in [7, 11) is 1.30. The number of anilines is 1. The van der Waals surface area contributed by atoms with Crippen molar-refractivity contribution in [3.05, 3.63) is 82.4 Å². The van der Waals surface area contributed by atoms with Crippen molar-refractivity contribution in [1.29, 1.82) is 0 Å². The standard InChI is InChI=1S/C34H34F7N3O4/c1-18-10-23(35)8-9-24(18)25-15-26(19-11-28(45)44(17-19)30(47)48-31(2,3)4)42-16-27(25)43(7)29(46)32(5,6)20-12-21(33(36,37)38)14-22(13-20)34(39,40)41/h8-10,12-16,19H,11,17H2,1-7H3. The van der Waals surface area contributed by atoms with Crippen LogP contribution in [0.1, 0.15) is 74.9 Å². The maximum Gasteiger partial charge on any atom is 0.417 e. The molecule has 0 radical (unpaired) electrons. The fraction of sp³-hybridized carbons (Fsp3) is 0.412. The second-order valence-electron chi connectivity index (χ2n) is 13.3. The molecule has 0 N–H and O–H groups in total. The molecule has 0 spiro atoms. The Morgan fingerprint density at radius 1 is 0.875 bits per heavy atom. The number of aromatic nitrogens is 1. The van der Waals surface area contributed by atoms with Crippen LogP contribution in [-0.4, -0.2) is 47.0 Å². The first-order chi connectivity index (χ1) is 21.9. The Hall–Kier alpha value is -4.49. The third kappa shape index (κ3) is 7.63. The van der Waals surface area contributed by atoms with E-state index in [1.807, 2.05) is 0 Å². The van der Waals surface area contributed by atoms with Gasteiger partial charge < -0.3 is 9.64 Å². The highest BCUT2D eigenvalue weighted by atomic mass is 19.4. The van der Waals surface area contributed by atoms with Gasteiger partial charge in [-0.3, -0.25) is 14.6 Å². The third-order valence-electron chi connectivity index (χ3n) is 8.05. The van der Waals surface area contributed by atoms with E-state index in [0.29, 0.717) is 34.5 Å². The van der Waals surface area contributed by atoms with Crippen molar-refractivity contribution < 1.29 is 49.9 Å². The molecule has 1 fully saturated rings. The minimum Gasteiger partial charge on any atom is -0.443 e. The van der Waals surface area contributed by atoms with Crippen molar-refractivity contribution in [2.24, 2.45) is 0 Å². The van der Waals surface area contributed by atoms with Crippen LogP contribution in [0, 0.1) is 12.7 Å². The van der Waals surface area contributed by atoms with Gasteiger partial charge in [0.25, 0.3) is 0 Å². The monoisotopic (exact) mass is 681 g/mol. The number of likely N-dealkylation sites (N-methyl/N-ethyl adjacent to an activating group) is 1. The van der Waals surface area contributed by atoms with E-state index in [4.69, 9.17) is 4.74 Å². The summed E-state index contributed by atoms with van der Waals surface area (Å²) in [6, 6.07) is 6.46. The number of likely N-dealkylation sites (tertiary alicyclic amines) is 1. The fourth-order valence-corrected chi connectivity index (χ4v) is 5.47. The van der Waals surface area contributed by atoms with Crippen LogP contribution in [0.2, 0.25) is 0 Å². The summed E-state index contributed by atoms with van der Waals surface area (Å²) < 4.78 is 101. The highest BCUT2D eigenvalue weighted by molar-refractivity contribution is 6.03. The molecular formula is C34H34F7N3O4.